The van der Waals surface area contributed by atoms with Crippen molar-refractivity contribution in [3.8, 4) is 5.75 Å². The largest absolute Gasteiger partial charge is 0.489 e. The number of amides is 4. The van der Waals surface area contributed by atoms with Gasteiger partial charge in [0.1, 0.15) is 17.9 Å². The van der Waals surface area contributed by atoms with Gasteiger partial charge in [-0.2, -0.15) is 0 Å². The molecule has 3 aromatic carbocycles. The van der Waals surface area contributed by atoms with Gasteiger partial charge < -0.3 is 4.74 Å². The van der Waals surface area contributed by atoms with Crippen molar-refractivity contribution in [2.24, 2.45) is 0 Å². The zero-order valence-corrected chi connectivity index (χ0v) is 18.1. The molecule has 1 aliphatic rings. The number of anilines is 1. The maximum Gasteiger partial charge on any atom is 0.335 e. The standard InChI is InChI=1S/C24H16Cl2N2O4/c25-17-10-8-15(9-11-17)14-32-18-5-3-4-16(12-18)13-19-22(29)27-24(31)28(23(19)30)21-7-2-1-6-20(21)26/h1-13H,14H2,(H,27,29,31)/b19-13-. The number of para-hydroxylation sites is 1. The minimum atomic E-state index is -0.856. The molecule has 0 spiro atoms. The van der Waals surface area contributed by atoms with Crippen molar-refractivity contribution < 1.29 is 19.1 Å². The lowest BCUT2D eigenvalue weighted by atomic mass is 10.1. The van der Waals surface area contributed by atoms with Gasteiger partial charge in [-0.15, -0.1) is 0 Å². The molecule has 4 rings (SSSR count). The predicted octanol–water partition coefficient (Wildman–Crippen LogP) is 5.24. The summed E-state index contributed by atoms with van der Waals surface area (Å²) in [7, 11) is 0. The summed E-state index contributed by atoms with van der Waals surface area (Å²) >= 11 is 12.0. The number of rotatable bonds is 5. The summed E-state index contributed by atoms with van der Waals surface area (Å²) in [5, 5.41) is 3.03. The van der Waals surface area contributed by atoms with Gasteiger partial charge in [0.15, 0.2) is 0 Å². The molecule has 160 valence electrons. The number of halogens is 2. The lowest BCUT2D eigenvalue weighted by molar-refractivity contribution is -0.122. The number of urea groups is 1. The predicted molar refractivity (Wildman–Crippen MR) is 123 cm³/mol. The highest BCUT2D eigenvalue weighted by Gasteiger charge is 2.37. The molecule has 0 saturated carbocycles. The van der Waals surface area contributed by atoms with Crippen LogP contribution in [0.5, 0.6) is 5.75 Å². The molecule has 1 aliphatic heterocycles. The fourth-order valence-corrected chi connectivity index (χ4v) is 3.46. The topological polar surface area (TPSA) is 75.7 Å². The van der Waals surface area contributed by atoms with Crippen LogP contribution in [0.3, 0.4) is 0 Å². The van der Waals surface area contributed by atoms with Crippen molar-refractivity contribution in [2.45, 2.75) is 6.61 Å². The van der Waals surface area contributed by atoms with Crippen LogP contribution in [0.2, 0.25) is 10.0 Å². The van der Waals surface area contributed by atoms with E-state index in [-0.39, 0.29) is 16.3 Å². The molecule has 0 unspecified atom stereocenters. The fraction of sp³-hybridized carbons (Fsp3) is 0.0417. The van der Waals surface area contributed by atoms with Crippen molar-refractivity contribution in [3.05, 3.63) is 99.5 Å². The highest BCUT2D eigenvalue weighted by atomic mass is 35.5. The molecule has 3 aromatic rings. The summed E-state index contributed by atoms with van der Waals surface area (Å²) in [6.07, 6.45) is 1.41. The summed E-state index contributed by atoms with van der Waals surface area (Å²) in [5.41, 5.74) is 1.49. The fourth-order valence-electron chi connectivity index (χ4n) is 3.12. The number of barbiturate groups is 1. The molecule has 0 aliphatic carbocycles. The molecule has 0 aromatic heterocycles. The van der Waals surface area contributed by atoms with Crippen LogP contribution in [-0.4, -0.2) is 17.8 Å². The third-order valence-corrected chi connectivity index (χ3v) is 5.25. The molecular weight excluding hydrogens is 451 g/mol. The molecule has 6 nitrogen and oxygen atoms in total. The second-order valence-electron chi connectivity index (χ2n) is 6.90. The molecular formula is C24H16Cl2N2O4. The number of carbonyl (C=O) groups excluding carboxylic acids is 3. The Morgan fingerprint density at radius 2 is 1.66 bits per heavy atom. The van der Waals surface area contributed by atoms with E-state index in [0.717, 1.165) is 10.5 Å². The summed E-state index contributed by atoms with van der Waals surface area (Å²) in [6, 6.07) is 19.7. The number of hydrogen-bond acceptors (Lipinski definition) is 4. The average molecular weight is 467 g/mol. The molecule has 0 bridgehead atoms. The van der Waals surface area contributed by atoms with E-state index in [1.54, 1.807) is 54.6 Å². The maximum atomic E-state index is 13.0. The third kappa shape index (κ3) is 4.66. The van der Waals surface area contributed by atoms with E-state index in [0.29, 0.717) is 22.9 Å². The normalized spacial score (nSPS) is 15.1. The zero-order chi connectivity index (χ0) is 22.7. The summed E-state index contributed by atoms with van der Waals surface area (Å²) in [5.74, 6) is -0.993. The quantitative estimate of drug-likeness (QED) is 0.412. The van der Waals surface area contributed by atoms with E-state index in [9.17, 15) is 14.4 Å². The Kier molecular flexibility index (Phi) is 6.25. The SMILES string of the molecule is O=C1NC(=O)N(c2ccccc2Cl)C(=O)/C1=C\c1cccc(OCc2ccc(Cl)cc2)c1. The molecule has 1 N–H and O–H groups in total. The Morgan fingerprint density at radius 1 is 0.906 bits per heavy atom. The molecule has 4 amide bonds. The van der Waals surface area contributed by atoms with Gasteiger partial charge in [0.25, 0.3) is 11.8 Å². The second kappa shape index (κ2) is 9.26. The van der Waals surface area contributed by atoms with E-state index < -0.39 is 17.8 Å². The summed E-state index contributed by atoms with van der Waals surface area (Å²) < 4.78 is 5.80. The van der Waals surface area contributed by atoms with Gasteiger partial charge in [-0.1, -0.05) is 59.6 Å². The monoisotopic (exact) mass is 466 g/mol. The first-order chi connectivity index (χ1) is 15.4. The minimum absolute atomic E-state index is 0.190. The van der Waals surface area contributed by atoms with Crippen LogP contribution in [0, 0.1) is 0 Å². The van der Waals surface area contributed by atoms with Crippen LogP contribution in [0.25, 0.3) is 6.08 Å². The molecule has 1 saturated heterocycles. The number of benzene rings is 3. The van der Waals surface area contributed by atoms with Gasteiger partial charge in [0.05, 0.1) is 10.7 Å². The van der Waals surface area contributed by atoms with Crippen LogP contribution in [-0.2, 0) is 16.2 Å². The van der Waals surface area contributed by atoms with Crippen LogP contribution in [0.15, 0.2) is 78.4 Å². The number of carbonyl (C=O) groups is 3. The van der Waals surface area contributed by atoms with E-state index in [2.05, 4.69) is 5.32 Å². The lowest BCUT2D eigenvalue weighted by Crippen LogP contribution is -2.54. The lowest BCUT2D eigenvalue weighted by Gasteiger charge is -2.27. The number of nitrogens with zero attached hydrogens (tertiary/aromatic N) is 1. The highest BCUT2D eigenvalue weighted by molar-refractivity contribution is 6.42. The van der Waals surface area contributed by atoms with Crippen LogP contribution in [0.4, 0.5) is 10.5 Å². The molecule has 8 heteroatoms. The number of nitrogens with one attached hydrogen (secondary N) is 1. The smallest absolute Gasteiger partial charge is 0.335 e. The number of hydrogen-bond donors (Lipinski definition) is 1. The Morgan fingerprint density at radius 3 is 2.41 bits per heavy atom. The van der Waals surface area contributed by atoms with Crippen molar-refractivity contribution in [3.63, 3.8) is 0 Å². The Labute approximate surface area is 194 Å². The van der Waals surface area contributed by atoms with E-state index in [1.165, 1.54) is 12.1 Å². The Balaban J connectivity index is 1.58. The summed E-state index contributed by atoms with van der Waals surface area (Å²) in [4.78, 5) is 38.5. The first-order valence-electron chi connectivity index (χ1n) is 9.55. The summed E-state index contributed by atoms with van der Waals surface area (Å²) in [6.45, 7) is 0.325. The molecule has 1 fully saturated rings. The highest BCUT2D eigenvalue weighted by Crippen LogP contribution is 2.29. The van der Waals surface area contributed by atoms with Gasteiger partial charge in [0.2, 0.25) is 0 Å². The van der Waals surface area contributed by atoms with Gasteiger partial charge in [-0.3, -0.25) is 14.9 Å². The minimum Gasteiger partial charge on any atom is -0.489 e. The molecule has 32 heavy (non-hydrogen) atoms. The van der Waals surface area contributed by atoms with Gasteiger partial charge in [-0.05, 0) is 53.6 Å². The van der Waals surface area contributed by atoms with Crippen molar-refractivity contribution in [1.82, 2.24) is 5.32 Å². The van der Waals surface area contributed by atoms with E-state index in [1.807, 2.05) is 12.1 Å². The van der Waals surface area contributed by atoms with Crippen LogP contribution >= 0.6 is 23.2 Å². The molecule has 1 heterocycles. The Bertz CT molecular complexity index is 1240. The second-order valence-corrected chi connectivity index (χ2v) is 7.74. The number of imide groups is 2. The van der Waals surface area contributed by atoms with E-state index in [4.69, 9.17) is 27.9 Å². The molecule has 0 radical (unpaired) electrons. The van der Waals surface area contributed by atoms with Gasteiger partial charge >= 0.3 is 6.03 Å². The van der Waals surface area contributed by atoms with Crippen molar-refractivity contribution >= 4 is 52.8 Å². The third-order valence-electron chi connectivity index (χ3n) is 4.68. The number of ether oxygens (including phenoxy) is 1. The van der Waals surface area contributed by atoms with Gasteiger partial charge in [0, 0.05) is 5.02 Å². The first-order valence-corrected chi connectivity index (χ1v) is 10.3. The van der Waals surface area contributed by atoms with Crippen molar-refractivity contribution in [2.75, 3.05) is 4.90 Å². The van der Waals surface area contributed by atoms with Crippen LogP contribution in [0.1, 0.15) is 11.1 Å². The van der Waals surface area contributed by atoms with Crippen molar-refractivity contribution in [1.29, 1.82) is 0 Å². The Hall–Kier alpha value is -3.61. The molecule has 0 atom stereocenters. The van der Waals surface area contributed by atoms with Gasteiger partial charge in [-0.25, -0.2) is 9.69 Å². The maximum absolute atomic E-state index is 13.0. The average Bonchev–Trinajstić information content (AvgIpc) is 2.78. The van der Waals surface area contributed by atoms with Crippen LogP contribution < -0.4 is 15.0 Å². The zero-order valence-electron chi connectivity index (χ0n) is 16.5. The van der Waals surface area contributed by atoms with E-state index >= 15 is 0 Å². The first kappa shape index (κ1) is 21.6.